The Bertz CT molecular complexity index is 2410. The Morgan fingerprint density at radius 2 is 1.49 bits per heavy atom. The van der Waals surface area contributed by atoms with Crippen LogP contribution in [0.5, 0.6) is 0 Å². The molecule has 3 fully saturated rings. The zero-order valence-electron chi connectivity index (χ0n) is 38.7. The number of aldehydes is 1. The van der Waals surface area contributed by atoms with Crippen molar-refractivity contribution >= 4 is 41.9 Å². The number of ether oxygens (including phenoxy) is 7. The molecular formula is C51H57NO16. The first kappa shape index (κ1) is 49.8. The van der Waals surface area contributed by atoms with E-state index < -0.39 is 119 Å². The Hall–Kier alpha value is -6.11. The van der Waals surface area contributed by atoms with Gasteiger partial charge in [-0.25, -0.2) is 9.59 Å². The van der Waals surface area contributed by atoms with Crippen LogP contribution in [0.2, 0.25) is 0 Å². The highest BCUT2D eigenvalue weighted by molar-refractivity contribution is 5.96. The molecule has 7 rings (SSSR count). The number of ketones is 1. The number of benzene rings is 3. The number of rotatable bonds is 16. The van der Waals surface area contributed by atoms with Crippen LogP contribution in [-0.4, -0.2) is 119 Å². The summed E-state index contributed by atoms with van der Waals surface area (Å²) in [6, 6.07) is 23.3. The first-order valence-electron chi connectivity index (χ1n) is 22.5. The largest absolute Gasteiger partial charge is 0.456 e. The highest BCUT2D eigenvalue weighted by Crippen LogP contribution is 2.63. The molecule has 17 heteroatoms. The predicted molar refractivity (Wildman–Crippen MR) is 238 cm³/mol. The second-order valence-corrected chi connectivity index (χ2v) is 18.4. The van der Waals surface area contributed by atoms with E-state index in [0.717, 1.165) is 13.8 Å². The summed E-state index contributed by atoms with van der Waals surface area (Å²) in [6.45, 7) is 7.82. The fourth-order valence-corrected chi connectivity index (χ4v) is 10.4. The Balaban J connectivity index is 1.39. The number of carbonyl (C=O) groups is 7. The number of nitrogens with one attached hydrogen (secondary N) is 1. The van der Waals surface area contributed by atoms with Crippen LogP contribution in [0.1, 0.15) is 93.1 Å². The van der Waals surface area contributed by atoms with Crippen molar-refractivity contribution in [3.8, 4) is 0 Å². The molecule has 2 saturated carbocycles. The molecule has 5 unspecified atom stereocenters. The average molecular weight is 940 g/mol. The number of aliphatic hydroxyl groups is 2. The van der Waals surface area contributed by atoms with E-state index in [1.54, 1.807) is 92.7 Å². The van der Waals surface area contributed by atoms with Crippen LogP contribution in [0.3, 0.4) is 0 Å². The van der Waals surface area contributed by atoms with Gasteiger partial charge in [-0.05, 0) is 55.3 Å². The molecule has 3 aromatic rings. The third kappa shape index (κ3) is 9.24. The lowest BCUT2D eigenvalue weighted by Gasteiger charge is -2.67. The first-order valence-corrected chi connectivity index (χ1v) is 22.5. The molecule has 3 aliphatic carbocycles. The molecule has 68 heavy (non-hydrogen) atoms. The monoisotopic (exact) mass is 939 g/mol. The fraction of sp³-hybridized carbons (Fsp3) is 0.471. The quantitative estimate of drug-likeness (QED) is 0.0453. The van der Waals surface area contributed by atoms with Gasteiger partial charge in [0.25, 0.3) is 5.91 Å². The number of hydrogen-bond acceptors (Lipinski definition) is 16. The van der Waals surface area contributed by atoms with Gasteiger partial charge in [0.15, 0.2) is 29.9 Å². The average Bonchev–Trinajstić information content (AvgIpc) is 3.30. The van der Waals surface area contributed by atoms with E-state index in [2.05, 4.69) is 5.32 Å². The van der Waals surface area contributed by atoms with Crippen LogP contribution in [0.4, 0.5) is 0 Å². The van der Waals surface area contributed by atoms with Gasteiger partial charge >= 0.3 is 23.9 Å². The van der Waals surface area contributed by atoms with Crippen LogP contribution < -0.4 is 5.32 Å². The minimum Gasteiger partial charge on any atom is -0.456 e. The lowest BCUT2D eigenvalue weighted by atomic mass is 9.45. The molecule has 12 atom stereocenters. The van der Waals surface area contributed by atoms with Gasteiger partial charge in [-0.2, -0.15) is 0 Å². The van der Waals surface area contributed by atoms with Crippen LogP contribution >= 0.6 is 0 Å². The number of amides is 1. The molecule has 3 N–H and O–H groups in total. The second kappa shape index (κ2) is 19.9. The Morgan fingerprint density at radius 3 is 2.06 bits per heavy atom. The maximum Gasteiger partial charge on any atom is 0.338 e. The summed E-state index contributed by atoms with van der Waals surface area (Å²) >= 11 is 0. The van der Waals surface area contributed by atoms with Crippen LogP contribution in [0.15, 0.2) is 103 Å². The normalized spacial score (nSPS) is 30.4. The molecule has 2 bridgehead atoms. The smallest absolute Gasteiger partial charge is 0.338 e. The summed E-state index contributed by atoms with van der Waals surface area (Å²) in [6.07, 6.45) is -9.41. The Labute approximate surface area is 393 Å². The van der Waals surface area contributed by atoms with Crippen LogP contribution in [-0.2, 0) is 57.1 Å². The zero-order chi connectivity index (χ0) is 49.2. The van der Waals surface area contributed by atoms with Crippen molar-refractivity contribution in [1.29, 1.82) is 0 Å². The van der Waals surface area contributed by atoms with Crippen molar-refractivity contribution in [1.82, 2.24) is 5.32 Å². The van der Waals surface area contributed by atoms with Crippen LogP contribution in [0, 0.1) is 16.7 Å². The lowest BCUT2D eigenvalue weighted by Crippen LogP contribution is -2.81. The third-order valence-corrected chi connectivity index (χ3v) is 13.9. The van der Waals surface area contributed by atoms with E-state index in [1.165, 1.54) is 32.1 Å². The summed E-state index contributed by atoms with van der Waals surface area (Å²) < 4.78 is 42.6. The van der Waals surface area contributed by atoms with Crippen molar-refractivity contribution in [2.75, 3.05) is 13.2 Å². The van der Waals surface area contributed by atoms with Gasteiger partial charge in [0, 0.05) is 44.1 Å². The number of carbonyl (C=O) groups excluding carboxylic acids is 7. The summed E-state index contributed by atoms with van der Waals surface area (Å²) in [5.41, 5.74) is -7.26. The van der Waals surface area contributed by atoms with Gasteiger partial charge < -0.3 is 53.5 Å². The van der Waals surface area contributed by atoms with E-state index in [-0.39, 0.29) is 42.8 Å². The van der Waals surface area contributed by atoms with Gasteiger partial charge in [0.05, 0.1) is 42.3 Å². The maximum atomic E-state index is 15.5. The number of aliphatic hydroxyl groups excluding tert-OH is 1. The lowest BCUT2D eigenvalue weighted by molar-refractivity contribution is -0.345. The van der Waals surface area contributed by atoms with Crippen molar-refractivity contribution in [3.05, 3.63) is 119 Å². The molecule has 17 nitrogen and oxygen atoms in total. The molecule has 4 aliphatic rings. The Kier molecular flexibility index (Phi) is 14.5. The third-order valence-electron chi connectivity index (χ3n) is 13.9. The molecule has 1 amide bonds. The molecule has 1 heterocycles. The van der Waals surface area contributed by atoms with Crippen LogP contribution in [0.25, 0.3) is 0 Å². The van der Waals surface area contributed by atoms with Gasteiger partial charge in [-0.3, -0.25) is 19.2 Å². The minimum absolute atomic E-state index is 0.0145. The van der Waals surface area contributed by atoms with E-state index >= 15 is 9.59 Å². The number of fused-ring (bicyclic) bond motifs is 5. The summed E-state index contributed by atoms with van der Waals surface area (Å²) in [5, 5.41) is 28.8. The van der Waals surface area contributed by atoms with E-state index in [1.807, 2.05) is 0 Å². The number of esters is 4. The van der Waals surface area contributed by atoms with Gasteiger partial charge in [0.2, 0.25) is 0 Å². The molecule has 0 spiro atoms. The number of hydrogen-bond donors (Lipinski definition) is 3. The van der Waals surface area contributed by atoms with Crippen molar-refractivity contribution in [2.45, 2.75) is 121 Å². The van der Waals surface area contributed by atoms with Crippen molar-refractivity contribution < 1.29 is 76.9 Å². The second-order valence-electron chi connectivity index (χ2n) is 18.4. The number of Topliss-reactive ketones (excluding diaryl/α,β-unsaturated/α-hetero) is 1. The summed E-state index contributed by atoms with van der Waals surface area (Å²) in [5.74, 6) is -6.74. The van der Waals surface area contributed by atoms with Crippen molar-refractivity contribution in [3.63, 3.8) is 0 Å². The van der Waals surface area contributed by atoms with Crippen molar-refractivity contribution in [2.24, 2.45) is 16.7 Å². The SMILES string of the molecule is CC(=O)OC1C(=O)[C@@]2(C)[C@H]([C@H](OC(=O)c3ccccc3)[C@@]3(O)CC(OC(=O)[C@H](OC(C)OCCC=O)C(NC(=O)c4ccccc4)c4ccccc4)C=C1C3(C)C)C1(OC(C)=O)CO[C@@H]1C[C@@H]2O. The zero-order valence-corrected chi connectivity index (χ0v) is 38.7. The predicted octanol–water partition coefficient (Wildman–Crippen LogP) is 4.32. The van der Waals surface area contributed by atoms with E-state index in [0.29, 0.717) is 11.8 Å². The van der Waals surface area contributed by atoms with E-state index in [4.69, 9.17) is 33.2 Å². The van der Waals surface area contributed by atoms with Gasteiger partial charge in [0.1, 0.15) is 30.2 Å². The molecule has 1 aliphatic heterocycles. The molecule has 3 aromatic carbocycles. The first-order chi connectivity index (χ1) is 32.3. The van der Waals surface area contributed by atoms with Gasteiger partial charge in [-0.1, -0.05) is 80.6 Å². The van der Waals surface area contributed by atoms with Gasteiger partial charge in [-0.15, -0.1) is 0 Å². The summed E-state index contributed by atoms with van der Waals surface area (Å²) in [7, 11) is 0. The standard InChI is InChI=1S/C51H57NO16/c1-29(54)64-40-36-25-35(66-47(60)41(65-31(3)62-24-16-23-53)39(32-17-10-7-11-18-32)52-45(58)33-19-12-8-13-20-33)27-51(61,48(36,4)5)44(67-46(59)34-21-14-9-15-22-34)42-49(6,43(40)57)37(56)26-38-50(42,28-63-38)68-30(2)55/h7-15,17-23,25,31,35,37-42,44,56,61H,16,24,26-28H2,1-6H3,(H,52,58)/t31?,35?,37-,38+,39?,40?,41+,42-,44-,49+,50?,51-/m0/s1. The molecule has 362 valence electrons. The highest BCUT2D eigenvalue weighted by atomic mass is 16.7. The molecular weight excluding hydrogens is 883 g/mol. The summed E-state index contributed by atoms with van der Waals surface area (Å²) in [4.78, 5) is 96.1. The molecule has 0 aromatic heterocycles. The maximum absolute atomic E-state index is 15.5. The minimum atomic E-state index is -2.41. The highest BCUT2D eigenvalue weighted by Gasteiger charge is 2.78. The Morgan fingerprint density at radius 1 is 0.868 bits per heavy atom. The topological polar surface area (TPSA) is 237 Å². The van der Waals surface area contributed by atoms with E-state index in [9.17, 15) is 34.2 Å². The molecule has 0 radical (unpaired) electrons. The fourth-order valence-electron chi connectivity index (χ4n) is 10.4. The molecule has 1 saturated heterocycles.